The van der Waals surface area contributed by atoms with Gasteiger partial charge < -0.3 is 9.80 Å². The normalized spacial score (nSPS) is 23.6. The Kier molecular flexibility index (Phi) is 5.55. The average molecular weight is 386 g/mol. The van der Waals surface area contributed by atoms with Crippen LogP contribution in [-0.2, 0) is 14.6 Å². The van der Waals surface area contributed by atoms with Crippen LogP contribution in [-0.4, -0.2) is 81.4 Å². The Morgan fingerprint density at radius 1 is 1.28 bits per heavy atom. The second-order valence-electron chi connectivity index (χ2n) is 6.80. The number of anilines is 1. The van der Waals surface area contributed by atoms with Crippen molar-refractivity contribution in [2.24, 2.45) is 0 Å². The molecule has 0 N–H and O–H groups in total. The molecule has 2 aliphatic heterocycles. The summed E-state index contributed by atoms with van der Waals surface area (Å²) in [4.78, 5) is 18.5. The molecule has 0 spiro atoms. The van der Waals surface area contributed by atoms with Crippen molar-refractivity contribution in [2.75, 3.05) is 56.2 Å². The molecule has 1 aromatic carbocycles. The molecular formula is C17H24ClN3O3S. The van der Waals surface area contributed by atoms with Gasteiger partial charge in [-0.15, -0.1) is 0 Å². The highest BCUT2D eigenvalue weighted by molar-refractivity contribution is 7.91. The highest BCUT2D eigenvalue weighted by atomic mass is 35.5. The number of nitrogens with zero attached hydrogens (tertiary/aromatic N) is 3. The number of likely N-dealkylation sites (N-methyl/N-ethyl adjacent to an activating group) is 1. The molecule has 2 saturated heterocycles. The summed E-state index contributed by atoms with van der Waals surface area (Å²) >= 11 is 6.05. The first-order valence-electron chi connectivity index (χ1n) is 8.53. The summed E-state index contributed by atoms with van der Waals surface area (Å²) in [6.07, 6.45) is 0.549. The van der Waals surface area contributed by atoms with Gasteiger partial charge in [0.15, 0.2) is 9.84 Å². The standard InChI is InChI=1S/C17H24ClN3O3S/c1-19(16-5-10-25(23,24)13-16)17(22)12-20-6-8-21(9-7-20)15-4-2-3-14(18)11-15/h2-4,11,16H,5-10,12-13H2,1H3/t16-/m0/s1. The lowest BCUT2D eigenvalue weighted by molar-refractivity contribution is -0.132. The van der Waals surface area contributed by atoms with Crippen LogP contribution in [0.2, 0.25) is 5.02 Å². The third kappa shape index (κ3) is 4.65. The monoisotopic (exact) mass is 385 g/mol. The van der Waals surface area contributed by atoms with E-state index < -0.39 is 9.84 Å². The second-order valence-corrected chi connectivity index (χ2v) is 9.47. The number of piperazine rings is 1. The summed E-state index contributed by atoms with van der Waals surface area (Å²) in [5, 5.41) is 0.725. The third-order valence-corrected chi connectivity index (χ3v) is 7.04. The molecule has 0 unspecified atom stereocenters. The number of hydrogen-bond acceptors (Lipinski definition) is 5. The summed E-state index contributed by atoms with van der Waals surface area (Å²) in [5.41, 5.74) is 1.10. The van der Waals surface area contributed by atoms with Gasteiger partial charge in [-0.1, -0.05) is 17.7 Å². The highest BCUT2D eigenvalue weighted by Gasteiger charge is 2.33. The van der Waals surface area contributed by atoms with Crippen LogP contribution >= 0.6 is 11.6 Å². The Bertz CT molecular complexity index is 732. The van der Waals surface area contributed by atoms with Crippen LogP contribution in [0.3, 0.4) is 0 Å². The fourth-order valence-corrected chi connectivity index (χ4v) is 5.38. The first-order chi connectivity index (χ1) is 11.8. The van der Waals surface area contributed by atoms with E-state index in [1.54, 1.807) is 11.9 Å². The number of halogens is 1. The molecule has 0 bridgehead atoms. The van der Waals surface area contributed by atoms with Crippen molar-refractivity contribution >= 4 is 33.0 Å². The van der Waals surface area contributed by atoms with Crippen LogP contribution in [0.15, 0.2) is 24.3 Å². The van der Waals surface area contributed by atoms with E-state index in [9.17, 15) is 13.2 Å². The summed E-state index contributed by atoms with van der Waals surface area (Å²) < 4.78 is 23.2. The Labute approximate surface area is 154 Å². The van der Waals surface area contributed by atoms with Crippen LogP contribution in [0.4, 0.5) is 5.69 Å². The van der Waals surface area contributed by atoms with Crippen molar-refractivity contribution in [1.29, 1.82) is 0 Å². The second kappa shape index (κ2) is 7.51. The van der Waals surface area contributed by atoms with E-state index in [0.717, 1.165) is 36.9 Å². The predicted octanol–water partition coefficient (Wildman–Crippen LogP) is 1.11. The summed E-state index contributed by atoms with van der Waals surface area (Å²) in [7, 11) is -1.26. The Balaban J connectivity index is 1.49. The van der Waals surface area contributed by atoms with E-state index in [0.29, 0.717) is 13.0 Å². The number of carbonyl (C=O) groups excluding carboxylic acids is 1. The zero-order chi connectivity index (χ0) is 18.0. The zero-order valence-corrected chi connectivity index (χ0v) is 16.0. The predicted molar refractivity (Wildman–Crippen MR) is 99.9 cm³/mol. The van der Waals surface area contributed by atoms with E-state index in [1.165, 1.54) is 0 Å². The fraction of sp³-hybridized carbons (Fsp3) is 0.588. The summed E-state index contributed by atoms with van der Waals surface area (Å²) in [5.74, 6) is 0.282. The average Bonchev–Trinajstić information content (AvgIpc) is 2.94. The third-order valence-electron chi connectivity index (χ3n) is 5.05. The van der Waals surface area contributed by atoms with Gasteiger partial charge in [-0.25, -0.2) is 8.42 Å². The molecule has 0 aromatic heterocycles. The molecule has 25 heavy (non-hydrogen) atoms. The van der Waals surface area contributed by atoms with Crippen LogP contribution in [0, 0.1) is 0 Å². The smallest absolute Gasteiger partial charge is 0.236 e. The lowest BCUT2D eigenvalue weighted by Gasteiger charge is -2.36. The van der Waals surface area contributed by atoms with Crippen LogP contribution in [0.5, 0.6) is 0 Å². The fourth-order valence-electron chi connectivity index (χ4n) is 3.42. The molecule has 1 aromatic rings. The minimum absolute atomic E-state index is 0.00157. The largest absolute Gasteiger partial charge is 0.369 e. The maximum atomic E-state index is 12.5. The van der Waals surface area contributed by atoms with Crippen molar-refractivity contribution < 1.29 is 13.2 Å². The van der Waals surface area contributed by atoms with Gasteiger partial charge in [-0.2, -0.15) is 0 Å². The molecule has 1 atom stereocenters. The molecule has 2 aliphatic rings. The van der Waals surface area contributed by atoms with Crippen molar-refractivity contribution in [3.05, 3.63) is 29.3 Å². The molecule has 0 aliphatic carbocycles. The summed E-state index contributed by atoms with van der Waals surface area (Å²) in [6.45, 7) is 3.63. The van der Waals surface area contributed by atoms with Gasteiger partial charge >= 0.3 is 0 Å². The van der Waals surface area contributed by atoms with Gasteiger partial charge in [0.25, 0.3) is 0 Å². The van der Waals surface area contributed by atoms with E-state index in [2.05, 4.69) is 9.80 Å². The molecular weight excluding hydrogens is 362 g/mol. The van der Waals surface area contributed by atoms with Crippen LogP contribution < -0.4 is 4.90 Å². The summed E-state index contributed by atoms with van der Waals surface area (Å²) in [6, 6.07) is 7.62. The molecule has 8 heteroatoms. The molecule has 1 amide bonds. The number of hydrogen-bond donors (Lipinski definition) is 0. The maximum Gasteiger partial charge on any atom is 0.236 e. The van der Waals surface area contributed by atoms with Gasteiger partial charge in [0.05, 0.1) is 18.1 Å². The Morgan fingerprint density at radius 2 is 2.00 bits per heavy atom. The number of benzene rings is 1. The molecule has 3 rings (SSSR count). The van der Waals surface area contributed by atoms with Crippen LogP contribution in [0.25, 0.3) is 0 Å². The van der Waals surface area contributed by atoms with Crippen molar-refractivity contribution in [1.82, 2.24) is 9.80 Å². The van der Waals surface area contributed by atoms with E-state index in [4.69, 9.17) is 11.6 Å². The minimum atomic E-state index is -2.97. The van der Waals surface area contributed by atoms with Crippen molar-refractivity contribution in [3.63, 3.8) is 0 Å². The lowest BCUT2D eigenvalue weighted by Crippen LogP contribution is -2.51. The molecule has 138 valence electrons. The quantitative estimate of drug-likeness (QED) is 0.777. The highest BCUT2D eigenvalue weighted by Crippen LogP contribution is 2.21. The van der Waals surface area contributed by atoms with Crippen molar-refractivity contribution in [3.8, 4) is 0 Å². The topological polar surface area (TPSA) is 60.9 Å². The number of sulfone groups is 1. The number of carbonyl (C=O) groups is 1. The SMILES string of the molecule is CN(C(=O)CN1CCN(c2cccc(Cl)c2)CC1)[C@H]1CCS(=O)(=O)C1. The van der Waals surface area contributed by atoms with E-state index >= 15 is 0 Å². The van der Waals surface area contributed by atoms with Crippen LogP contribution in [0.1, 0.15) is 6.42 Å². The minimum Gasteiger partial charge on any atom is -0.369 e. The number of rotatable bonds is 4. The zero-order valence-electron chi connectivity index (χ0n) is 14.4. The molecule has 6 nitrogen and oxygen atoms in total. The maximum absolute atomic E-state index is 12.5. The lowest BCUT2D eigenvalue weighted by atomic mass is 10.2. The van der Waals surface area contributed by atoms with E-state index in [1.807, 2.05) is 24.3 Å². The van der Waals surface area contributed by atoms with Gasteiger partial charge in [-0.3, -0.25) is 9.69 Å². The molecule has 0 radical (unpaired) electrons. The number of amides is 1. The first kappa shape index (κ1) is 18.5. The van der Waals surface area contributed by atoms with Gasteiger partial charge in [-0.05, 0) is 24.6 Å². The molecule has 0 saturated carbocycles. The molecule has 2 heterocycles. The Morgan fingerprint density at radius 3 is 2.60 bits per heavy atom. The van der Waals surface area contributed by atoms with Gasteiger partial charge in [0.2, 0.25) is 5.91 Å². The van der Waals surface area contributed by atoms with E-state index in [-0.39, 0.29) is 23.5 Å². The van der Waals surface area contributed by atoms with Crippen molar-refractivity contribution in [2.45, 2.75) is 12.5 Å². The molecule has 2 fully saturated rings. The van der Waals surface area contributed by atoms with Gasteiger partial charge in [0.1, 0.15) is 0 Å². The Hall–Kier alpha value is -1.31. The van der Waals surface area contributed by atoms with Gasteiger partial charge in [0, 0.05) is 50.0 Å². The first-order valence-corrected chi connectivity index (χ1v) is 10.7.